The van der Waals surface area contributed by atoms with Gasteiger partial charge in [0.2, 0.25) is 0 Å². The van der Waals surface area contributed by atoms with Gasteiger partial charge in [0.05, 0.1) is 17.7 Å². The highest BCUT2D eigenvalue weighted by molar-refractivity contribution is 7.99. The number of hydrogen-bond donors (Lipinski definition) is 2. The normalized spacial score (nSPS) is 13.8. The van der Waals surface area contributed by atoms with Crippen LogP contribution in [0.5, 0.6) is 0 Å². The Morgan fingerprint density at radius 1 is 1.18 bits per heavy atom. The fourth-order valence-corrected chi connectivity index (χ4v) is 4.76. The third kappa shape index (κ3) is 4.98. The molecule has 0 aliphatic carbocycles. The van der Waals surface area contributed by atoms with E-state index in [0.717, 1.165) is 16.1 Å². The van der Waals surface area contributed by atoms with Crippen molar-refractivity contribution in [2.24, 2.45) is 5.92 Å². The molecule has 1 unspecified atom stereocenters. The van der Waals surface area contributed by atoms with Crippen LogP contribution in [0, 0.1) is 18.7 Å². The lowest BCUT2D eigenvalue weighted by Crippen LogP contribution is -2.26. The van der Waals surface area contributed by atoms with E-state index >= 15 is 0 Å². The molecule has 0 aliphatic heterocycles. The maximum atomic E-state index is 14.1. The number of fused-ring (bicyclic) bond motifs is 1. The van der Waals surface area contributed by atoms with Gasteiger partial charge >= 0.3 is 0 Å². The lowest BCUT2D eigenvalue weighted by atomic mass is 10.0. The number of thiazole rings is 1. The van der Waals surface area contributed by atoms with E-state index in [-0.39, 0.29) is 23.7 Å². The molecular formula is C20H25FN4OS2. The van der Waals surface area contributed by atoms with Crippen LogP contribution in [0.3, 0.4) is 0 Å². The molecule has 3 rings (SSSR count). The predicted octanol–water partition coefficient (Wildman–Crippen LogP) is 5.21. The highest BCUT2D eigenvalue weighted by atomic mass is 32.2. The number of hydrogen-bond acceptors (Lipinski definition) is 7. The predicted molar refractivity (Wildman–Crippen MR) is 115 cm³/mol. The van der Waals surface area contributed by atoms with Crippen molar-refractivity contribution in [1.82, 2.24) is 15.0 Å². The number of aromatic nitrogens is 3. The minimum absolute atomic E-state index is 0.0234. The minimum atomic E-state index is -0.233. The zero-order chi connectivity index (χ0) is 20.3. The van der Waals surface area contributed by atoms with Gasteiger partial charge in [-0.2, -0.15) is 0 Å². The highest BCUT2D eigenvalue weighted by Gasteiger charge is 2.19. The monoisotopic (exact) mass is 420 g/mol. The van der Waals surface area contributed by atoms with Crippen molar-refractivity contribution >= 4 is 39.3 Å². The zero-order valence-electron chi connectivity index (χ0n) is 16.4. The van der Waals surface area contributed by atoms with Crippen LogP contribution in [0.15, 0.2) is 29.4 Å². The van der Waals surface area contributed by atoms with Crippen LogP contribution in [0.1, 0.15) is 43.0 Å². The van der Waals surface area contributed by atoms with Crippen LogP contribution >= 0.6 is 23.1 Å². The first-order valence-corrected chi connectivity index (χ1v) is 11.0. The third-order valence-electron chi connectivity index (χ3n) is 4.28. The van der Waals surface area contributed by atoms with Crippen molar-refractivity contribution < 1.29 is 9.50 Å². The molecule has 0 bridgehead atoms. The summed E-state index contributed by atoms with van der Waals surface area (Å²) in [6.45, 7) is 8.13. The summed E-state index contributed by atoms with van der Waals surface area (Å²) in [6, 6.07) is 6.66. The molecule has 0 saturated heterocycles. The number of aliphatic hydroxyl groups excluding tert-OH is 1. The summed E-state index contributed by atoms with van der Waals surface area (Å²) in [4.78, 5) is 13.8. The lowest BCUT2D eigenvalue weighted by Gasteiger charge is -2.19. The van der Waals surface area contributed by atoms with Gasteiger partial charge in [0.25, 0.3) is 0 Å². The molecule has 28 heavy (non-hydrogen) atoms. The molecule has 2 atom stereocenters. The largest absolute Gasteiger partial charge is 0.394 e. The summed E-state index contributed by atoms with van der Waals surface area (Å²) < 4.78 is 15.0. The lowest BCUT2D eigenvalue weighted by molar-refractivity contribution is 0.259. The number of nitrogens with one attached hydrogen (secondary N) is 1. The van der Waals surface area contributed by atoms with Crippen LogP contribution in [0.2, 0.25) is 0 Å². The Morgan fingerprint density at radius 3 is 2.61 bits per heavy atom. The number of aryl methyl sites for hydroxylation is 1. The van der Waals surface area contributed by atoms with E-state index in [1.54, 1.807) is 12.1 Å². The Labute approximate surface area is 172 Å². The number of anilines is 1. The van der Waals surface area contributed by atoms with Gasteiger partial charge in [0.1, 0.15) is 10.5 Å². The Bertz CT molecular complexity index is 947. The average Bonchev–Trinajstić information content (AvgIpc) is 3.01. The molecule has 2 heterocycles. The summed E-state index contributed by atoms with van der Waals surface area (Å²) in [5.74, 6) is 0.891. The Balaban J connectivity index is 1.92. The van der Waals surface area contributed by atoms with Gasteiger partial charge in [-0.3, -0.25) is 0 Å². The number of nitrogens with zero attached hydrogens (tertiary/aromatic N) is 3. The van der Waals surface area contributed by atoms with E-state index in [1.807, 2.05) is 19.9 Å². The first-order chi connectivity index (χ1) is 13.4. The molecule has 5 nitrogen and oxygen atoms in total. The van der Waals surface area contributed by atoms with E-state index in [0.29, 0.717) is 28.1 Å². The fraction of sp³-hybridized carbons (Fsp3) is 0.450. The minimum Gasteiger partial charge on any atom is -0.394 e. The van der Waals surface area contributed by atoms with Gasteiger partial charge in [-0.25, -0.2) is 19.3 Å². The maximum Gasteiger partial charge on any atom is 0.192 e. The smallest absolute Gasteiger partial charge is 0.192 e. The fourth-order valence-electron chi connectivity index (χ4n) is 3.03. The number of aliphatic hydroxyl groups is 1. The standard InChI is InChI=1S/C20H25FN4OS2/c1-11(2)9-14(10-26)23-19-17-18(22-13(4)28-17)24-20(25-19)27-12(3)15-7-5-6-8-16(15)21/h5-8,11-12,14,26H,9-10H2,1-4H3,(H,23,24,25)/t12?,14-/m1/s1. The van der Waals surface area contributed by atoms with Gasteiger partial charge in [-0.15, -0.1) is 11.3 Å². The van der Waals surface area contributed by atoms with Crippen molar-refractivity contribution in [2.45, 2.75) is 50.6 Å². The third-order valence-corrected chi connectivity index (χ3v) is 6.25. The Kier molecular flexibility index (Phi) is 6.85. The number of benzene rings is 1. The quantitative estimate of drug-likeness (QED) is 0.385. The van der Waals surface area contributed by atoms with E-state index in [9.17, 15) is 9.50 Å². The van der Waals surface area contributed by atoms with Crippen LogP contribution < -0.4 is 5.32 Å². The molecule has 2 N–H and O–H groups in total. The molecule has 3 aromatic rings. The van der Waals surface area contributed by atoms with Gasteiger partial charge < -0.3 is 10.4 Å². The number of thioether (sulfide) groups is 1. The molecule has 0 aliphatic rings. The van der Waals surface area contributed by atoms with Crippen molar-refractivity contribution in [3.05, 3.63) is 40.7 Å². The average molecular weight is 421 g/mol. The topological polar surface area (TPSA) is 70.9 Å². The van der Waals surface area contributed by atoms with Crippen LogP contribution in [0.4, 0.5) is 10.2 Å². The van der Waals surface area contributed by atoms with Gasteiger partial charge in [0, 0.05) is 10.8 Å². The SMILES string of the molecule is Cc1nc2nc(SC(C)c3ccccc3F)nc(N[C@@H](CO)CC(C)C)c2s1. The molecule has 2 aromatic heterocycles. The van der Waals surface area contributed by atoms with Crippen molar-refractivity contribution in [1.29, 1.82) is 0 Å². The van der Waals surface area contributed by atoms with E-state index in [1.165, 1.54) is 29.2 Å². The Hall–Kier alpha value is -1.77. The second-order valence-electron chi connectivity index (χ2n) is 7.18. The highest BCUT2D eigenvalue weighted by Crippen LogP contribution is 2.37. The molecule has 0 amide bonds. The molecule has 0 spiro atoms. The van der Waals surface area contributed by atoms with Crippen molar-refractivity contribution in [3.8, 4) is 0 Å². The molecule has 0 radical (unpaired) electrons. The molecular weight excluding hydrogens is 395 g/mol. The molecule has 0 saturated carbocycles. The van der Waals surface area contributed by atoms with Gasteiger partial charge in [-0.05, 0) is 32.3 Å². The summed E-state index contributed by atoms with van der Waals surface area (Å²) >= 11 is 2.92. The van der Waals surface area contributed by atoms with E-state index in [4.69, 9.17) is 0 Å². The van der Waals surface area contributed by atoms with Crippen molar-refractivity contribution in [3.63, 3.8) is 0 Å². The van der Waals surface area contributed by atoms with Crippen LogP contribution in [0.25, 0.3) is 10.3 Å². The zero-order valence-corrected chi connectivity index (χ0v) is 18.1. The summed E-state index contributed by atoms with van der Waals surface area (Å²) in [6.07, 6.45) is 0.827. The Morgan fingerprint density at radius 2 is 1.93 bits per heavy atom. The summed E-state index contributed by atoms with van der Waals surface area (Å²) in [5.41, 5.74) is 1.25. The molecule has 150 valence electrons. The summed E-state index contributed by atoms with van der Waals surface area (Å²) in [5, 5.41) is 14.4. The van der Waals surface area contributed by atoms with Gasteiger partial charge in [0.15, 0.2) is 16.6 Å². The van der Waals surface area contributed by atoms with E-state index in [2.05, 4.69) is 34.1 Å². The summed E-state index contributed by atoms with van der Waals surface area (Å²) in [7, 11) is 0. The second-order valence-corrected chi connectivity index (χ2v) is 9.69. The molecule has 0 fully saturated rings. The van der Waals surface area contributed by atoms with E-state index < -0.39 is 0 Å². The maximum absolute atomic E-state index is 14.1. The van der Waals surface area contributed by atoms with Gasteiger partial charge in [-0.1, -0.05) is 43.8 Å². The van der Waals surface area contributed by atoms with Crippen LogP contribution in [-0.4, -0.2) is 32.7 Å². The number of halogens is 1. The van der Waals surface area contributed by atoms with Crippen molar-refractivity contribution in [2.75, 3.05) is 11.9 Å². The molecule has 1 aromatic carbocycles. The van der Waals surface area contributed by atoms with Crippen LogP contribution in [-0.2, 0) is 0 Å². The first kappa shape index (κ1) is 21.0. The second kappa shape index (κ2) is 9.15. The number of rotatable bonds is 8. The first-order valence-electron chi connectivity index (χ1n) is 9.31. The molecule has 8 heteroatoms.